The molecule has 0 spiro atoms. The zero-order chi connectivity index (χ0) is 25.0. The van der Waals surface area contributed by atoms with Crippen LogP contribution in [0.25, 0.3) is 10.4 Å². The highest BCUT2D eigenvalue weighted by Gasteiger charge is 2.44. The molecule has 1 aromatic carbocycles. The van der Waals surface area contributed by atoms with Gasteiger partial charge in [0.05, 0.1) is 22.2 Å². The van der Waals surface area contributed by atoms with Crippen molar-refractivity contribution in [3.8, 4) is 10.4 Å². The molecule has 0 bridgehead atoms. The lowest BCUT2D eigenvalue weighted by Gasteiger charge is -2.35. The average Bonchev–Trinajstić information content (AvgIpc) is 3.40. The minimum absolute atomic E-state index is 0.0309. The van der Waals surface area contributed by atoms with Gasteiger partial charge in [-0.05, 0) is 23.5 Å². The molecule has 34 heavy (non-hydrogen) atoms. The molecule has 0 aliphatic carbocycles. The number of aryl methyl sites for hydroxylation is 1. The topological polar surface area (TPSA) is 112 Å². The van der Waals surface area contributed by atoms with Gasteiger partial charge in [-0.1, -0.05) is 45.0 Å². The fraction of sp³-hybridized carbons (Fsp3) is 0.500. The quantitative estimate of drug-likeness (QED) is 0.499. The molecule has 1 aliphatic rings. The van der Waals surface area contributed by atoms with Gasteiger partial charge in [-0.25, -0.2) is 4.98 Å². The number of hydrogen-bond acceptors (Lipinski definition) is 6. The maximum absolute atomic E-state index is 13.3. The van der Waals surface area contributed by atoms with E-state index in [1.165, 1.54) is 4.90 Å². The van der Waals surface area contributed by atoms with Crippen LogP contribution in [0.1, 0.15) is 38.4 Å². The van der Waals surface area contributed by atoms with E-state index in [4.69, 9.17) is 11.6 Å². The summed E-state index contributed by atoms with van der Waals surface area (Å²) in [6.07, 6.45) is -0.674. The molecular formula is C24H31ClN4O4S. The molecule has 1 fully saturated rings. The molecule has 1 saturated heterocycles. The first-order valence-corrected chi connectivity index (χ1v) is 12.5. The zero-order valence-electron chi connectivity index (χ0n) is 19.8. The van der Waals surface area contributed by atoms with Crippen molar-refractivity contribution >= 4 is 40.7 Å². The van der Waals surface area contributed by atoms with Crippen LogP contribution >= 0.6 is 22.9 Å². The first-order chi connectivity index (χ1) is 16.0. The number of carbonyl (C=O) groups is 3. The number of rotatable bonds is 7. The summed E-state index contributed by atoms with van der Waals surface area (Å²) in [7, 11) is 0. The summed E-state index contributed by atoms with van der Waals surface area (Å²) in [6, 6.07) is 6.17. The van der Waals surface area contributed by atoms with Crippen molar-refractivity contribution in [1.29, 1.82) is 0 Å². The molecule has 3 amide bonds. The number of alkyl halides is 1. The Labute approximate surface area is 208 Å². The summed E-state index contributed by atoms with van der Waals surface area (Å²) in [6.45, 7) is 7.76. The molecule has 2 heterocycles. The summed E-state index contributed by atoms with van der Waals surface area (Å²) in [5.41, 5.74) is 4.17. The number of nitrogens with zero attached hydrogens (tertiary/aromatic N) is 2. The van der Waals surface area contributed by atoms with Gasteiger partial charge >= 0.3 is 0 Å². The number of hydrogen-bond donors (Lipinski definition) is 3. The molecule has 2 aromatic rings. The molecule has 2 unspecified atom stereocenters. The Hall–Kier alpha value is -2.49. The van der Waals surface area contributed by atoms with Crippen molar-refractivity contribution in [2.24, 2.45) is 5.41 Å². The van der Waals surface area contributed by atoms with E-state index in [-0.39, 0.29) is 24.8 Å². The van der Waals surface area contributed by atoms with Gasteiger partial charge in [0.1, 0.15) is 18.0 Å². The third-order valence-electron chi connectivity index (χ3n) is 5.83. The summed E-state index contributed by atoms with van der Waals surface area (Å²) in [5.74, 6) is -1.49. The number of benzene rings is 1. The van der Waals surface area contributed by atoms with Gasteiger partial charge in [-0.2, -0.15) is 0 Å². The lowest BCUT2D eigenvalue weighted by atomic mass is 9.85. The number of thiazole rings is 1. The molecule has 3 N–H and O–H groups in total. The van der Waals surface area contributed by atoms with Crippen LogP contribution in [0.15, 0.2) is 29.8 Å². The molecule has 3 atom stereocenters. The second-order valence-corrected chi connectivity index (χ2v) is 10.7. The summed E-state index contributed by atoms with van der Waals surface area (Å²) in [5, 5.41) is 15.8. The van der Waals surface area contributed by atoms with Crippen molar-refractivity contribution in [3.05, 3.63) is 41.0 Å². The third-order valence-corrected chi connectivity index (χ3v) is 7.05. The van der Waals surface area contributed by atoms with Crippen molar-refractivity contribution < 1.29 is 19.5 Å². The highest BCUT2D eigenvalue weighted by atomic mass is 35.5. The molecule has 3 rings (SSSR count). The van der Waals surface area contributed by atoms with Crippen LogP contribution in [0, 0.1) is 12.3 Å². The first kappa shape index (κ1) is 26.1. The molecule has 1 aromatic heterocycles. The van der Waals surface area contributed by atoms with Crippen LogP contribution in [0.5, 0.6) is 0 Å². The molecule has 0 saturated carbocycles. The van der Waals surface area contributed by atoms with E-state index in [2.05, 4.69) is 15.6 Å². The standard InChI is InChI=1S/C24H31ClN4O4S/c1-14-20(34-13-27-14)16-7-5-15(6-8-16)11-26-22(32)18-9-17(30)12-29(18)23(33)21(24(2,3)4)28-19(31)10-25/h5-8,13,17-18,21,30H,9-12H2,1-4H3,(H,26,32)(H,28,31)/t17?,18?,21-/m1/s1. The monoisotopic (exact) mass is 506 g/mol. The summed E-state index contributed by atoms with van der Waals surface area (Å²) < 4.78 is 0. The highest BCUT2D eigenvalue weighted by molar-refractivity contribution is 7.13. The van der Waals surface area contributed by atoms with Crippen LogP contribution in [0.2, 0.25) is 0 Å². The lowest BCUT2D eigenvalue weighted by Crippen LogP contribution is -2.58. The Morgan fingerprint density at radius 2 is 1.94 bits per heavy atom. The number of carbonyl (C=O) groups excluding carboxylic acids is 3. The molecule has 8 nitrogen and oxygen atoms in total. The van der Waals surface area contributed by atoms with Gasteiger partial charge in [0, 0.05) is 19.5 Å². The van der Waals surface area contributed by atoms with Gasteiger partial charge in [-0.3, -0.25) is 14.4 Å². The van der Waals surface area contributed by atoms with Crippen molar-refractivity contribution in [2.45, 2.75) is 58.8 Å². The van der Waals surface area contributed by atoms with Crippen LogP contribution in [-0.2, 0) is 20.9 Å². The van der Waals surface area contributed by atoms with Crippen LogP contribution in [-0.4, -0.2) is 63.3 Å². The van der Waals surface area contributed by atoms with Crippen molar-refractivity contribution in [1.82, 2.24) is 20.5 Å². The molecule has 1 aliphatic heterocycles. The smallest absolute Gasteiger partial charge is 0.246 e. The van der Waals surface area contributed by atoms with E-state index < -0.39 is 35.4 Å². The van der Waals surface area contributed by atoms with E-state index in [1.54, 1.807) is 11.3 Å². The zero-order valence-corrected chi connectivity index (χ0v) is 21.4. The fourth-order valence-electron chi connectivity index (χ4n) is 3.98. The number of aliphatic hydroxyl groups excluding tert-OH is 1. The minimum atomic E-state index is -0.873. The van der Waals surface area contributed by atoms with Crippen LogP contribution in [0.3, 0.4) is 0 Å². The molecule has 10 heteroatoms. The molecular weight excluding hydrogens is 476 g/mol. The van der Waals surface area contributed by atoms with Crippen molar-refractivity contribution in [2.75, 3.05) is 12.4 Å². The normalized spacial score (nSPS) is 19.1. The highest BCUT2D eigenvalue weighted by Crippen LogP contribution is 2.28. The van der Waals surface area contributed by atoms with Crippen LogP contribution < -0.4 is 10.6 Å². The van der Waals surface area contributed by atoms with E-state index >= 15 is 0 Å². The predicted octanol–water partition coefficient (Wildman–Crippen LogP) is 2.47. The number of amides is 3. The van der Waals surface area contributed by atoms with Crippen LogP contribution in [0.4, 0.5) is 0 Å². The number of β-amino-alcohol motifs (C(OH)–C–C–N with tert-alkyl or cyclic N) is 1. The van der Waals surface area contributed by atoms with E-state index in [0.717, 1.165) is 21.7 Å². The minimum Gasteiger partial charge on any atom is -0.391 e. The average molecular weight is 507 g/mol. The lowest BCUT2D eigenvalue weighted by molar-refractivity contribution is -0.143. The van der Waals surface area contributed by atoms with Gasteiger partial charge in [0.15, 0.2) is 0 Å². The maximum Gasteiger partial charge on any atom is 0.246 e. The van der Waals surface area contributed by atoms with Gasteiger partial charge in [-0.15, -0.1) is 22.9 Å². The number of halogens is 1. The van der Waals surface area contributed by atoms with E-state index in [9.17, 15) is 19.5 Å². The molecule has 184 valence electrons. The maximum atomic E-state index is 13.3. The van der Waals surface area contributed by atoms with Gasteiger partial charge in [0.2, 0.25) is 17.7 Å². The Morgan fingerprint density at radius 1 is 1.26 bits per heavy atom. The van der Waals surface area contributed by atoms with E-state index in [1.807, 2.05) is 57.5 Å². The Morgan fingerprint density at radius 3 is 2.50 bits per heavy atom. The summed E-state index contributed by atoms with van der Waals surface area (Å²) in [4.78, 5) is 45.0. The second-order valence-electron chi connectivity index (χ2n) is 9.58. The summed E-state index contributed by atoms with van der Waals surface area (Å²) >= 11 is 7.19. The SMILES string of the molecule is Cc1ncsc1-c1ccc(CNC(=O)C2CC(O)CN2C(=O)[C@@H](NC(=O)CCl)C(C)(C)C)cc1. The first-order valence-electron chi connectivity index (χ1n) is 11.1. The van der Waals surface area contributed by atoms with Gasteiger partial charge in [0.25, 0.3) is 0 Å². The number of aromatic nitrogens is 1. The second kappa shape index (κ2) is 10.8. The van der Waals surface area contributed by atoms with E-state index in [0.29, 0.717) is 6.54 Å². The predicted molar refractivity (Wildman–Crippen MR) is 132 cm³/mol. The molecule has 0 radical (unpaired) electrons. The van der Waals surface area contributed by atoms with Crippen molar-refractivity contribution in [3.63, 3.8) is 0 Å². The fourth-order valence-corrected chi connectivity index (χ4v) is 4.87. The van der Waals surface area contributed by atoms with Gasteiger partial charge < -0.3 is 20.6 Å². The Bertz CT molecular complexity index is 1030. The third kappa shape index (κ3) is 6.14. The number of nitrogens with one attached hydrogen (secondary N) is 2. The largest absolute Gasteiger partial charge is 0.391 e. The number of likely N-dealkylation sites (tertiary alicyclic amines) is 1. The Balaban J connectivity index is 1.67. The Kier molecular flexibility index (Phi) is 8.33. The number of aliphatic hydroxyl groups is 1.